The number of carbonyl (C=O) groups is 2. The van der Waals surface area contributed by atoms with Crippen molar-refractivity contribution in [1.29, 1.82) is 0 Å². The van der Waals surface area contributed by atoms with Crippen molar-refractivity contribution in [3.05, 3.63) is 36.2 Å². The number of fused-ring (bicyclic) bond motifs is 1. The minimum Gasteiger partial charge on any atom is -0.378 e. The third-order valence-electron chi connectivity index (χ3n) is 8.39. The van der Waals surface area contributed by atoms with Gasteiger partial charge in [-0.3, -0.25) is 14.2 Å². The number of hydrogen-bond acceptors (Lipinski definition) is 8. The Morgan fingerprint density at radius 3 is 2.48 bits per heavy atom. The van der Waals surface area contributed by atoms with Crippen molar-refractivity contribution < 1.29 is 23.1 Å². The number of anilines is 2. The molecule has 0 radical (unpaired) electrons. The van der Waals surface area contributed by atoms with E-state index >= 15 is 0 Å². The first kappa shape index (κ1) is 28.3. The van der Waals surface area contributed by atoms with Gasteiger partial charge in [-0.1, -0.05) is 12.1 Å². The predicted octanol–water partition coefficient (Wildman–Crippen LogP) is 3.30. The van der Waals surface area contributed by atoms with Crippen LogP contribution >= 0.6 is 0 Å². The van der Waals surface area contributed by atoms with Crippen molar-refractivity contribution in [3.8, 4) is 5.82 Å². The van der Waals surface area contributed by atoms with Gasteiger partial charge in [0.15, 0.2) is 5.82 Å². The molecule has 0 atom stereocenters. The van der Waals surface area contributed by atoms with E-state index in [1.807, 2.05) is 9.80 Å². The van der Waals surface area contributed by atoms with E-state index in [1.165, 1.54) is 4.57 Å². The van der Waals surface area contributed by atoms with Crippen molar-refractivity contribution in [1.82, 2.24) is 29.7 Å². The van der Waals surface area contributed by atoms with Gasteiger partial charge in [-0.05, 0) is 43.7 Å². The monoisotopic (exact) mass is 582 g/mol. The molecule has 3 fully saturated rings. The highest BCUT2D eigenvalue weighted by atomic mass is 19.3. The number of likely N-dealkylation sites (tertiary alicyclic amines) is 1. The molecule has 2 aliphatic heterocycles. The summed E-state index contributed by atoms with van der Waals surface area (Å²) in [5, 5.41) is 6.58. The molecule has 0 unspecified atom stereocenters. The molecular weight excluding hydrogens is 546 g/mol. The van der Waals surface area contributed by atoms with Gasteiger partial charge in [0, 0.05) is 57.7 Å². The van der Waals surface area contributed by atoms with Crippen LogP contribution < -0.4 is 15.5 Å². The molecule has 4 heterocycles. The van der Waals surface area contributed by atoms with Crippen LogP contribution in [0.1, 0.15) is 51.3 Å². The minimum atomic E-state index is -2.78. The van der Waals surface area contributed by atoms with Crippen molar-refractivity contribution >= 4 is 34.6 Å². The normalized spacial score (nSPS) is 21.4. The molecule has 1 saturated carbocycles. The number of carbonyl (C=O) groups excluding carboxylic acids is 2. The Hall–Kier alpha value is -3.87. The number of hydrogen-bond donors (Lipinski definition) is 2. The van der Waals surface area contributed by atoms with Crippen molar-refractivity contribution in [2.24, 2.45) is 5.92 Å². The largest absolute Gasteiger partial charge is 0.378 e. The summed E-state index contributed by atoms with van der Waals surface area (Å²) >= 11 is 0. The molecule has 6 rings (SSSR count). The highest BCUT2D eigenvalue weighted by molar-refractivity contribution is 5.78. The van der Waals surface area contributed by atoms with Gasteiger partial charge in [0.05, 0.1) is 24.2 Å². The second-order valence-corrected chi connectivity index (χ2v) is 11.3. The lowest BCUT2D eigenvalue weighted by molar-refractivity contribution is -0.130. The Kier molecular flexibility index (Phi) is 8.18. The van der Waals surface area contributed by atoms with Crippen LogP contribution in [0.5, 0.6) is 0 Å². The quantitative estimate of drug-likeness (QED) is 0.416. The van der Waals surface area contributed by atoms with E-state index in [4.69, 9.17) is 14.7 Å². The molecule has 2 amide bonds. The van der Waals surface area contributed by atoms with Crippen LogP contribution in [0.25, 0.3) is 16.9 Å². The van der Waals surface area contributed by atoms with Crippen LogP contribution in [0.3, 0.4) is 0 Å². The van der Waals surface area contributed by atoms with Crippen LogP contribution in [-0.2, 0) is 14.3 Å². The zero-order chi connectivity index (χ0) is 29.2. The molecule has 3 aliphatic rings. The second-order valence-electron chi connectivity index (χ2n) is 11.3. The molecule has 13 heteroatoms. The van der Waals surface area contributed by atoms with E-state index < -0.39 is 6.43 Å². The summed E-state index contributed by atoms with van der Waals surface area (Å²) in [5.41, 5.74) is 1.01. The molecule has 42 heavy (non-hydrogen) atoms. The third-order valence-corrected chi connectivity index (χ3v) is 8.39. The molecule has 11 nitrogen and oxygen atoms in total. The van der Waals surface area contributed by atoms with Gasteiger partial charge in [0.2, 0.25) is 17.8 Å². The number of aromatic nitrogens is 4. The fraction of sp³-hybridized carbons (Fsp3) is 0.552. The van der Waals surface area contributed by atoms with Gasteiger partial charge in [-0.25, -0.2) is 13.8 Å². The Labute approximate surface area is 242 Å². The number of nitrogens with one attached hydrogen (secondary N) is 2. The van der Waals surface area contributed by atoms with Gasteiger partial charge in [-0.2, -0.15) is 9.97 Å². The molecule has 2 N–H and O–H groups in total. The fourth-order valence-electron chi connectivity index (χ4n) is 6.01. The first-order chi connectivity index (χ1) is 20.3. The number of rotatable bonds is 8. The molecule has 1 aliphatic carbocycles. The van der Waals surface area contributed by atoms with Crippen LogP contribution in [-0.4, -0.2) is 87.7 Å². The summed E-state index contributed by atoms with van der Waals surface area (Å²) < 4.78 is 35.1. The first-order valence-corrected chi connectivity index (χ1v) is 14.6. The minimum absolute atomic E-state index is 0.0464. The zero-order valence-electron chi connectivity index (χ0n) is 23.6. The van der Waals surface area contributed by atoms with Crippen LogP contribution in [0.4, 0.5) is 20.5 Å². The smallest absolute Gasteiger partial charge is 0.296 e. The summed E-state index contributed by atoms with van der Waals surface area (Å²) in [6.45, 7) is 5.27. The predicted molar refractivity (Wildman–Crippen MR) is 153 cm³/mol. The van der Waals surface area contributed by atoms with Crippen molar-refractivity contribution in [2.75, 3.05) is 49.6 Å². The number of amides is 2. The van der Waals surface area contributed by atoms with E-state index in [0.29, 0.717) is 80.3 Å². The number of morpholine rings is 1. The average Bonchev–Trinajstić information content (AvgIpc) is 3.37. The summed E-state index contributed by atoms with van der Waals surface area (Å²) in [4.78, 5) is 41.7. The van der Waals surface area contributed by atoms with Crippen LogP contribution in [0, 0.1) is 5.92 Å². The fourth-order valence-corrected chi connectivity index (χ4v) is 6.01. The molecule has 2 saturated heterocycles. The molecule has 3 aromatic rings. The number of imidazole rings is 1. The lowest BCUT2D eigenvalue weighted by Crippen LogP contribution is -2.50. The highest BCUT2D eigenvalue weighted by Crippen LogP contribution is 2.31. The molecule has 1 aromatic carbocycles. The average molecular weight is 583 g/mol. The number of ether oxygens (including phenoxy) is 1. The van der Waals surface area contributed by atoms with E-state index in [1.54, 1.807) is 37.3 Å². The highest BCUT2D eigenvalue weighted by Gasteiger charge is 2.32. The molecule has 0 bridgehead atoms. The standard InChI is InChI=1S/C29H36F2N8O3/c1-18(40)37-8-6-19(7-9-37)14-26(41)33-21-15-20(16-21)32-24-17-25(36-29(35-24)38-10-12-42-13-11-38)39-23-5-3-2-4-22(23)34-28(39)27(30)31/h2-5,17,19-21,27H,6-16H2,1H3,(H,33,41)(H,32,35,36)/t20-,21-. The van der Waals surface area contributed by atoms with E-state index in [2.05, 4.69) is 15.6 Å². The van der Waals surface area contributed by atoms with Gasteiger partial charge >= 0.3 is 0 Å². The third kappa shape index (κ3) is 6.15. The topological polar surface area (TPSA) is 118 Å². The number of piperidine rings is 1. The van der Waals surface area contributed by atoms with Crippen LogP contribution in [0.2, 0.25) is 0 Å². The number of alkyl halides is 2. The molecular formula is C29H36F2N8O3. The van der Waals surface area contributed by atoms with Gasteiger partial charge in [0.1, 0.15) is 11.6 Å². The van der Waals surface area contributed by atoms with Crippen LogP contribution in [0.15, 0.2) is 30.3 Å². The first-order valence-electron chi connectivity index (χ1n) is 14.6. The van der Waals surface area contributed by atoms with Gasteiger partial charge < -0.3 is 25.2 Å². The maximum Gasteiger partial charge on any atom is 0.296 e. The summed E-state index contributed by atoms with van der Waals surface area (Å²) in [6, 6.07) is 8.84. The lowest BCUT2D eigenvalue weighted by Gasteiger charge is -2.37. The van der Waals surface area contributed by atoms with Crippen molar-refractivity contribution in [2.45, 2.75) is 57.5 Å². The van der Waals surface area contributed by atoms with Gasteiger partial charge in [-0.15, -0.1) is 0 Å². The summed E-state index contributed by atoms with van der Waals surface area (Å²) in [5.74, 6) is 1.36. The summed E-state index contributed by atoms with van der Waals surface area (Å²) in [6.07, 6.45) is 0.858. The maximum absolute atomic E-state index is 14.1. The van der Waals surface area contributed by atoms with E-state index in [9.17, 15) is 18.4 Å². The van der Waals surface area contributed by atoms with Crippen molar-refractivity contribution in [3.63, 3.8) is 0 Å². The second kappa shape index (κ2) is 12.2. The molecule has 224 valence electrons. The molecule has 2 aromatic heterocycles. The summed E-state index contributed by atoms with van der Waals surface area (Å²) in [7, 11) is 0. The number of benzene rings is 1. The Morgan fingerprint density at radius 1 is 1.02 bits per heavy atom. The number of nitrogens with zero attached hydrogens (tertiary/aromatic N) is 6. The number of halogens is 2. The Balaban J connectivity index is 1.14. The Bertz CT molecular complexity index is 1430. The van der Waals surface area contributed by atoms with Gasteiger partial charge in [0.25, 0.3) is 6.43 Å². The van der Waals surface area contributed by atoms with E-state index in [-0.39, 0.29) is 29.7 Å². The lowest BCUT2D eigenvalue weighted by atomic mass is 9.86. The van der Waals surface area contributed by atoms with E-state index in [0.717, 1.165) is 25.7 Å². The Morgan fingerprint density at radius 2 is 1.76 bits per heavy atom. The maximum atomic E-state index is 14.1. The SMILES string of the molecule is CC(=O)N1CCC(CC(=O)N[C@H]2C[C@H](Nc3cc(-n4c(C(F)F)nc5ccccc54)nc(N4CCOCC4)n3)C2)CC1. The number of para-hydroxylation sites is 2. The molecule has 0 spiro atoms. The zero-order valence-corrected chi connectivity index (χ0v) is 23.6.